The second-order valence-corrected chi connectivity index (χ2v) is 22.1. The summed E-state index contributed by atoms with van der Waals surface area (Å²) >= 11 is 0. The standard InChI is InChI=1S/C70H43N11/c1-4-10-35(11-5-1)56-39-17-16-38(34-39)40-18-19-41-47-25-30-52(72-47)57(36-12-6-2-7-13-36)53-31-27-49(74-53)44-22-23-45-50-28-33-55(75-50)58(37-14-8-3-9-15-37)54-32-26-48(73-54)43-21-20-42(46-24-29-51(56)71-46)61-62(43)80-69-67(78-61)65-66(77-60(41)59(40)76-65)68-70(69)81-64(45)63(44)79-68/h1-33,56-58,71-75H,34H2. The second kappa shape index (κ2) is 15.9. The molecule has 0 saturated carbocycles. The van der Waals surface area contributed by atoms with Crippen LogP contribution in [0.3, 0.4) is 0 Å². The van der Waals surface area contributed by atoms with Crippen LogP contribution in [0.2, 0.25) is 0 Å². The van der Waals surface area contributed by atoms with Crippen LogP contribution >= 0.6 is 0 Å². The number of hydrogen-bond donors (Lipinski definition) is 5. The minimum Gasteiger partial charge on any atom is -0.358 e. The van der Waals surface area contributed by atoms with E-state index in [1.165, 1.54) is 16.7 Å². The SMILES string of the molecule is C1=C2CC(=C1)C(c1ccccc1)c1ccc([nH]1)-c1ccc3c4nc5c(nc14)c1nc4c2ccc2c4nc1c1nc4c(ccc(c4nc15)-c1ccc([nH]1)C(c1ccccc1)c1ccc-3[nH]1)-c1ccc([nH]1)C(c1ccccc1)c1ccc-2[nH]1. The molecule has 11 nitrogen and oxygen atoms in total. The summed E-state index contributed by atoms with van der Waals surface area (Å²) < 4.78 is 0. The molecular formula is C70H43N11. The van der Waals surface area contributed by atoms with Crippen LogP contribution in [-0.4, -0.2) is 54.8 Å². The zero-order chi connectivity index (χ0) is 52.6. The van der Waals surface area contributed by atoms with Gasteiger partial charge in [0.15, 0.2) is 0 Å². The first kappa shape index (κ1) is 43.2. The van der Waals surface area contributed by atoms with Crippen molar-refractivity contribution < 1.29 is 0 Å². The van der Waals surface area contributed by atoms with Gasteiger partial charge in [-0.2, -0.15) is 0 Å². The number of aromatic nitrogens is 11. The van der Waals surface area contributed by atoms with E-state index in [1.54, 1.807) is 0 Å². The van der Waals surface area contributed by atoms with Gasteiger partial charge in [0.2, 0.25) is 0 Å². The molecule has 3 unspecified atom stereocenters. The molecule has 11 heterocycles. The van der Waals surface area contributed by atoms with Gasteiger partial charge in [-0.3, -0.25) is 0 Å². The van der Waals surface area contributed by atoms with E-state index in [-0.39, 0.29) is 17.8 Å². The Morgan fingerprint density at radius 3 is 0.840 bits per heavy atom. The fourth-order valence-electron chi connectivity index (χ4n) is 13.9. The molecule has 0 saturated heterocycles. The first-order valence-electron chi connectivity index (χ1n) is 27.7. The monoisotopic (exact) mass is 1040 g/mol. The summed E-state index contributed by atoms with van der Waals surface area (Å²) in [6.45, 7) is 0. The predicted molar refractivity (Wildman–Crippen MR) is 321 cm³/mol. The highest BCUT2D eigenvalue weighted by Crippen LogP contribution is 2.48. The van der Waals surface area contributed by atoms with Crippen molar-refractivity contribution in [1.82, 2.24) is 54.8 Å². The molecule has 0 amide bonds. The van der Waals surface area contributed by atoms with E-state index in [9.17, 15) is 0 Å². The number of rotatable bonds is 3. The van der Waals surface area contributed by atoms with Crippen molar-refractivity contribution in [3.8, 4) is 56.3 Å². The van der Waals surface area contributed by atoms with Gasteiger partial charge in [0.25, 0.3) is 0 Å². The molecule has 0 spiro atoms. The minimum atomic E-state index is -0.152. The van der Waals surface area contributed by atoms with E-state index >= 15 is 0 Å². The highest BCUT2D eigenvalue weighted by atomic mass is 14.9. The Kier molecular flexibility index (Phi) is 8.50. The van der Waals surface area contributed by atoms with Gasteiger partial charge in [-0.25, -0.2) is 29.9 Å². The summed E-state index contributed by atoms with van der Waals surface area (Å²) in [5.41, 5.74) is 29.6. The van der Waals surface area contributed by atoms with Crippen LogP contribution < -0.4 is 0 Å². The van der Waals surface area contributed by atoms with E-state index in [1.807, 2.05) is 0 Å². The highest BCUT2D eigenvalue weighted by molar-refractivity contribution is 6.23. The van der Waals surface area contributed by atoms with Crippen LogP contribution in [0.25, 0.3) is 128 Å². The van der Waals surface area contributed by atoms with E-state index in [0.29, 0.717) is 33.1 Å². The Bertz CT molecular complexity index is 5280. The zero-order valence-corrected chi connectivity index (χ0v) is 43.2. The Balaban J connectivity index is 1.01. The number of hydrogen-bond acceptors (Lipinski definition) is 6. The van der Waals surface area contributed by atoms with Crippen molar-refractivity contribution in [2.75, 3.05) is 0 Å². The molecule has 378 valence electrons. The van der Waals surface area contributed by atoms with Gasteiger partial charge in [0.1, 0.15) is 33.1 Å². The number of allylic oxidation sites excluding steroid dienone is 4. The quantitative estimate of drug-likeness (QED) is 0.0876. The molecule has 81 heavy (non-hydrogen) atoms. The van der Waals surface area contributed by atoms with Gasteiger partial charge in [0, 0.05) is 96.2 Å². The first-order valence-corrected chi connectivity index (χ1v) is 27.7. The van der Waals surface area contributed by atoms with Crippen molar-refractivity contribution in [3.63, 3.8) is 0 Å². The van der Waals surface area contributed by atoms with Gasteiger partial charge >= 0.3 is 0 Å². The molecule has 24 bridgehead atoms. The lowest BCUT2D eigenvalue weighted by Crippen LogP contribution is -2.05. The number of benzene rings is 7. The Morgan fingerprint density at radius 2 is 0.519 bits per heavy atom. The van der Waals surface area contributed by atoms with Crippen LogP contribution in [0.5, 0.6) is 0 Å². The largest absolute Gasteiger partial charge is 0.358 e. The number of H-pyrrole nitrogens is 5. The molecule has 11 heteroatoms. The normalized spacial score (nSPS) is 16.6. The molecule has 0 fully saturated rings. The summed E-state index contributed by atoms with van der Waals surface area (Å²) in [5.74, 6) is -0.345. The predicted octanol–water partition coefficient (Wildman–Crippen LogP) is 15.8. The van der Waals surface area contributed by atoms with Gasteiger partial charge in [-0.15, -0.1) is 0 Å². The zero-order valence-electron chi connectivity index (χ0n) is 43.2. The number of fused-ring (bicyclic) bond motifs is 18. The van der Waals surface area contributed by atoms with E-state index in [4.69, 9.17) is 29.9 Å². The maximum Gasteiger partial charge on any atom is 0.120 e. The average Bonchev–Trinajstić information content (AvgIpc) is 3.69. The van der Waals surface area contributed by atoms with Crippen molar-refractivity contribution in [1.29, 1.82) is 0 Å². The number of nitrogens with zero attached hydrogens (tertiary/aromatic N) is 6. The number of nitrogens with one attached hydrogen (secondary N) is 5. The lowest BCUT2D eigenvalue weighted by Gasteiger charge is -2.20. The summed E-state index contributed by atoms with van der Waals surface area (Å²) in [4.78, 5) is 54.9. The van der Waals surface area contributed by atoms with Crippen LogP contribution in [0.1, 0.15) is 74.9 Å². The van der Waals surface area contributed by atoms with Crippen molar-refractivity contribution in [2.24, 2.45) is 0 Å². The van der Waals surface area contributed by atoms with Gasteiger partial charge in [-0.1, -0.05) is 115 Å². The van der Waals surface area contributed by atoms with E-state index < -0.39 is 0 Å². The van der Waals surface area contributed by atoms with Crippen LogP contribution in [0.4, 0.5) is 0 Å². The van der Waals surface area contributed by atoms with Gasteiger partial charge < -0.3 is 24.9 Å². The lowest BCUT2D eigenvalue weighted by molar-refractivity contribution is 0.890. The third-order valence-corrected chi connectivity index (χ3v) is 17.7. The summed E-state index contributed by atoms with van der Waals surface area (Å²) in [5, 5.41) is 0. The van der Waals surface area contributed by atoms with Crippen LogP contribution in [-0.2, 0) is 0 Å². The molecular weight excluding hydrogens is 995 g/mol. The topological polar surface area (TPSA) is 156 Å². The smallest absolute Gasteiger partial charge is 0.120 e. The Hall–Kier alpha value is -10.8. The summed E-state index contributed by atoms with van der Waals surface area (Å²) in [6, 6.07) is 67.5. The van der Waals surface area contributed by atoms with Crippen molar-refractivity contribution in [2.45, 2.75) is 24.2 Å². The molecule has 8 aromatic heterocycles. The molecule has 7 aromatic carbocycles. The van der Waals surface area contributed by atoms with Gasteiger partial charge in [-0.05, 0) is 120 Å². The third kappa shape index (κ3) is 6.11. The van der Waals surface area contributed by atoms with Crippen LogP contribution in [0.15, 0.2) is 206 Å². The van der Waals surface area contributed by atoms with Gasteiger partial charge in [0.05, 0.1) is 44.9 Å². The third-order valence-electron chi connectivity index (χ3n) is 17.7. The number of aromatic amines is 5. The summed E-state index contributed by atoms with van der Waals surface area (Å²) in [6.07, 6.45) is 5.32. The molecule has 3 aliphatic heterocycles. The lowest BCUT2D eigenvalue weighted by atomic mass is 9.86. The molecule has 5 N–H and O–H groups in total. The average molecular weight is 1040 g/mol. The fourth-order valence-corrected chi connectivity index (χ4v) is 13.9. The summed E-state index contributed by atoms with van der Waals surface area (Å²) in [7, 11) is 0. The molecule has 15 aromatic rings. The van der Waals surface area contributed by atoms with Crippen molar-refractivity contribution in [3.05, 3.63) is 257 Å². The van der Waals surface area contributed by atoms with Crippen LogP contribution in [0, 0.1) is 0 Å². The maximum atomic E-state index is 5.89. The van der Waals surface area contributed by atoms with Crippen molar-refractivity contribution >= 4 is 71.8 Å². The molecule has 3 atom stereocenters. The van der Waals surface area contributed by atoms with E-state index in [2.05, 4.69) is 225 Å². The fraction of sp³-hybridized carbons (Fsp3) is 0.0571. The maximum absolute atomic E-state index is 5.89. The second-order valence-electron chi connectivity index (χ2n) is 22.1. The Labute approximate surface area is 461 Å². The highest BCUT2D eigenvalue weighted by Gasteiger charge is 2.32. The molecule has 1 aliphatic carbocycles. The van der Waals surface area contributed by atoms with E-state index in [0.717, 1.165) is 141 Å². The first-order chi connectivity index (χ1) is 40.1. The molecule has 4 aliphatic rings. The minimum absolute atomic E-state index is 0.0459. The molecule has 19 rings (SSSR count). The molecule has 0 radical (unpaired) electrons. The Morgan fingerprint density at radius 1 is 0.247 bits per heavy atom.